The molecule has 1 aromatic heterocycles. The third kappa shape index (κ3) is 3.85. The SMILES string of the molecule is C=C/C(C#N)=C(\C(=C)C#N)c1cccc(-c2c(C#N)cccc2C#N)c1-n1c2ccccc2c2ccccc21. The molecule has 0 atom stereocenters. The van der Waals surface area contributed by atoms with Gasteiger partial charge in [0.05, 0.1) is 63.3 Å². The molecule has 5 aromatic rings. The molecule has 0 unspecified atom stereocenters. The molecule has 1 heterocycles. The summed E-state index contributed by atoms with van der Waals surface area (Å²) in [6, 6.07) is 35.1. The summed E-state index contributed by atoms with van der Waals surface area (Å²) in [5.41, 5.74) is 5.32. The van der Waals surface area contributed by atoms with Crippen molar-refractivity contribution in [3.8, 4) is 41.1 Å². The van der Waals surface area contributed by atoms with Crippen molar-refractivity contribution >= 4 is 27.4 Å². The van der Waals surface area contributed by atoms with Crippen molar-refractivity contribution < 1.29 is 0 Å². The quantitative estimate of drug-likeness (QED) is 0.183. The average molecular weight is 498 g/mol. The molecule has 5 rings (SSSR count). The molecule has 180 valence electrons. The van der Waals surface area contributed by atoms with Crippen LogP contribution in [0.4, 0.5) is 0 Å². The van der Waals surface area contributed by atoms with Gasteiger partial charge in [0.25, 0.3) is 0 Å². The minimum Gasteiger partial charge on any atom is -0.308 e. The zero-order valence-electron chi connectivity index (χ0n) is 20.8. The first-order valence-corrected chi connectivity index (χ1v) is 12.0. The Hall–Kier alpha value is -6.14. The lowest BCUT2D eigenvalue weighted by molar-refractivity contribution is 1.17. The lowest BCUT2D eigenvalue weighted by atomic mass is 9.87. The molecule has 0 radical (unpaired) electrons. The molecule has 0 fully saturated rings. The Morgan fingerprint density at radius 1 is 0.692 bits per heavy atom. The highest BCUT2D eigenvalue weighted by Gasteiger charge is 2.25. The first-order valence-electron chi connectivity index (χ1n) is 12.0. The van der Waals surface area contributed by atoms with Crippen LogP contribution in [0.25, 0.3) is 44.2 Å². The number of benzene rings is 4. The minimum atomic E-state index is 0.0969. The summed E-state index contributed by atoms with van der Waals surface area (Å²) in [6.07, 6.45) is 1.41. The number of nitrogens with zero attached hydrogens (tertiary/aromatic N) is 5. The van der Waals surface area contributed by atoms with Crippen LogP contribution in [-0.2, 0) is 0 Å². The summed E-state index contributed by atoms with van der Waals surface area (Å²) in [5, 5.41) is 42.0. The van der Waals surface area contributed by atoms with Crippen molar-refractivity contribution in [3.63, 3.8) is 0 Å². The Bertz CT molecular complexity index is 1960. The van der Waals surface area contributed by atoms with E-state index in [2.05, 4.69) is 42.0 Å². The molecule has 0 aliphatic heterocycles. The fourth-order valence-electron chi connectivity index (χ4n) is 5.11. The van der Waals surface area contributed by atoms with Crippen molar-refractivity contribution in [2.45, 2.75) is 0 Å². The van der Waals surface area contributed by atoms with Gasteiger partial charge in [0.2, 0.25) is 0 Å². The normalized spacial score (nSPS) is 11.1. The van der Waals surface area contributed by atoms with E-state index in [0.717, 1.165) is 21.8 Å². The number of rotatable bonds is 5. The van der Waals surface area contributed by atoms with Crippen LogP contribution >= 0.6 is 0 Å². The van der Waals surface area contributed by atoms with Crippen LogP contribution in [0.2, 0.25) is 0 Å². The van der Waals surface area contributed by atoms with Gasteiger partial charge in [0, 0.05) is 33.0 Å². The lowest BCUT2D eigenvalue weighted by Gasteiger charge is -2.21. The smallest absolute Gasteiger partial charge is 0.0998 e. The van der Waals surface area contributed by atoms with Crippen molar-refractivity contribution in [3.05, 3.63) is 132 Å². The first-order chi connectivity index (χ1) is 19.1. The predicted molar refractivity (Wildman–Crippen MR) is 153 cm³/mol. The second kappa shape index (κ2) is 10.1. The third-order valence-corrected chi connectivity index (χ3v) is 6.71. The summed E-state index contributed by atoms with van der Waals surface area (Å²) < 4.78 is 2.06. The van der Waals surface area contributed by atoms with Gasteiger partial charge in [-0.3, -0.25) is 0 Å². The van der Waals surface area contributed by atoms with Crippen LogP contribution < -0.4 is 0 Å². The Morgan fingerprint density at radius 2 is 1.26 bits per heavy atom. The fraction of sp³-hybridized carbons (Fsp3) is 0. The monoisotopic (exact) mass is 497 g/mol. The van der Waals surface area contributed by atoms with Crippen LogP contribution in [0.3, 0.4) is 0 Å². The van der Waals surface area contributed by atoms with Crippen LogP contribution in [0.15, 0.2) is 115 Å². The van der Waals surface area contributed by atoms with Crippen molar-refractivity contribution in [2.75, 3.05) is 0 Å². The van der Waals surface area contributed by atoms with E-state index in [1.165, 1.54) is 6.08 Å². The second-order valence-corrected chi connectivity index (χ2v) is 8.72. The van der Waals surface area contributed by atoms with E-state index < -0.39 is 0 Å². The van der Waals surface area contributed by atoms with Gasteiger partial charge in [0.1, 0.15) is 0 Å². The lowest BCUT2D eigenvalue weighted by Crippen LogP contribution is -2.05. The highest BCUT2D eigenvalue weighted by molar-refractivity contribution is 6.11. The van der Waals surface area contributed by atoms with E-state index in [-0.39, 0.29) is 11.1 Å². The van der Waals surface area contributed by atoms with E-state index in [0.29, 0.717) is 39.1 Å². The number of hydrogen-bond acceptors (Lipinski definition) is 4. The van der Waals surface area contributed by atoms with Crippen molar-refractivity contribution in [2.24, 2.45) is 0 Å². The maximum absolute atomic E-state index is 10.0. The summed E-state index contributed by atoms with van der Waals surface area (Å²) in [6.45, 7) is 7.75. The Labute approximate surface area is 225 Å². The Balaban J connectivity index is 2.10. The van der Waals surface area contributed by atoms with Gasteiger partial charge in [-0.15, -0.1) is 0 Å². The molecule has 4 aromatic carbocycles. The van der Waals surface area contributed by atoms with Gasteiger partial charge < -0.3 is 4.57 Å². The number of nitriles is 4. The molecule has 0 saturated carbocycles. The molecule has 0 aliphatic carbocycles. The van der Waals surface area contributed by atoms with Crippen LogP contribution in [-0.4, -0.2) is 4.57 Å². The van der Waals surface area contributed by atoms with E-state index in [9.17, 15) is 21.0 Å². The highest BCUT2D eigenvalue weighted by Crippen LogP contribution is 2.43. The molecule has 0 aliphatic rings. The van der Waals surface area contributed by atoms with Crippen molar-refractivity contribution in [1.82, 2.24) is 4.57 Å². The largest absolute Gasteiger partial charge is 0.308 e. The molecule has 0 spiro atoms. The maximum Gasteiger partial charge on any atom is 0.0998 e. The molecule has 0 bridgehead atoms. The summed E-state index contributed by atoms with van der Waals surface area (Å²) >= 11 is 0. The minimum absolute atomic E-state index is 0.0969. The standard InChI is InChI=1S/C34H19N5/c1-3-23(19-36)32(22(2)18-35)28-14-9-15-29(33-24(20-37)10-8-11-25(33)21-38)34(28)39-30-16-6-4-12-26(30)27-13-5-7-17-31(27)39/h3-17H,1-2H2/b32-23-. The topological polar surface area (TPSA) is 100 Å². The number of hydrogen-bond donors (Lipinski definition) is 0. The Kier molecular flexibility index (Phi) is 6.35. The summed E-state index contributed by atoms with van der Waals surface area (Å²) in [5.74, 6) is 0. The van der Waals surface area contributed by atoms with E-state index in [4.69, 9.17) is 0 Å². The first kappa shape index (κ1) is 24.5. The molecular weight excluding hydrogens is 478 g/mol. The summed E-state index contributed by atoms with van der Waals surface area (Å²) in [7, 11) is 0. The Morgan fingerprint density at radius 3 is 1.77 bits per heavy atom. The number of para-hydroxylation sites is 3. The van der Waals surface area contributed by atoms with Crippen LogP contribution in [0.5, 0.6) is 0 Å². The molecule has 5 nitrogen and oxygen atoms in total. The van der Waals surface area contributed by atoms with Gasteiger partial charge in [-0.05, 0) is 24.3 Å². The molecule has 0 saturated heterocycles. The number of fused-ring (bicyclic) bond motifs is 3. The van der Waals surface area contributed by atoms with Crippen LogP contribution in [0.1, 0.15) is 16.7 Å². The predicted octanol–water partition coefficient (Wildman–Crippen LogP) is 7.74. The van der Waals surface area contributed by atoms with Crippen molar-refractivity contribution in [1.29, 1.82) is 21.0 Å². The van der Waals surface area contributed by atoms with Gasteiger partial charge in [-0.1, -0.05) is 79.9 Å². The second-order valence-electron chi connectivity index (χ2n) is 8.72. The third-order valence-electron chi connectivity index (χ3n) is 6.71. The van der Waals surface area contributed by atoms with E-state index in [1.54, 1.807) is 24.3 Å². The summed E-state index contributed by atoms with van der Waals surface area (Å²) in [4.78, 5) is 0. The zero-order valence-corrected chi connectivity index (χ0v) is 20.8. The molecular formula is C34H19N5. The van der Waals surface area contributed by atoms with Gasteiger partial charge in [-0.2, -0.15) is 21.0 Å². The number of allylic oxidation sites excluding steroid dienone is 4. The van der Waals surface area contributed by atoms with Gasteiger partial charge in [-0.25, -0.2) is 0 Å². The van der Waals surface area contributed by atoms with E-state index in [1.807, 2.05) is 60.7 Å². The molecule has 0 amide bonds. The van der Waals surface area contributed by atoms with Crippen LogP contribution in [0, 0.1) is 45.3 Å². The van der Waals surface area contributed by atoms with Gasteiger partial charge >= 0.3 is 0 Å². The number of aromatic nitrogens is 1. The molecule has 0 N–H and O–H groups in total. The average Bonchev–Trinajstić information content (AvgIpc) is 3.32. The fourth-order valence-corrected chi connectivity index (χ4v) is 5.11. The van der Waals surface area contributed by atoms with Gasteiger partial charge in [0.15, 0.2) is 0 Å². The van der Waals surface area contributed by atoms with E-state index >= 15 is 0 Å². The highest BCUT2D eigenvalue weighted by atomic mass is 15.0. The zero-order chi connectivity index (χ0) is 27.5. The molecule has 39 heavy (non-hydrogen) atoms. The maximum atomic E-state index is 10.0. The molecule has 5 heteroatoms.